The molecule has 0 fully saturated rings. The Balaban J connectivity index is 1.99. The largest absolute Gasteiger partial charge is 0.493 e. The molecule has 0 atom stereocenters. The first-order valence-corrected chi connectivity index (χ1v) is 8.79. The highest BCUT2D eigenvalue weighted by atomic mass is 32.2. The van der Waals surface area contributed by atoms with Gasteiger partial charge in [0.25, 0.3) is 0 Å². The van der Waals surface area contributed by atoms with Gasteiger partial charge in [-0.2, -0.15) is 0 Å². The van der Waals surface area contributed by atoms with Crippen LogP contribution in [0, 0.1) is 0 Å². The van der Waals surface area contributed by atoms with Crippen LogP contribution in [0.25, 0.3) is 0 Å². The highest BCUT2D eigenvalue weighted by Crippen LogP contribution is 2.29. The van der Waals surface area contributed by atoms with Gasteiger partial charge in [-0.1, -0.05) is 24.8 Å². The smallest absolute Gasteiger partial charge is 0.234 e. The maximum atomic E-state index is 12.2. The lowest BCUT2D eigenvalue weighted by atomic mass is 10.2. The molecule has 8 heteroatoms. The molecule has 0 saturated heterocycles. The van der Waals surface area contributed by atoms with Gasteiger partial charge in [-0.25, -0.2) is 0 Å². The zero-order chi connectivity index (χ0) is 18.2. The third kappa shape index (κ3) is 4.76. The van der Waals surface area contributed by atoms with Crippen molar-refractivity contribution in [3.8, 4) is 11.5 Å². The average molecular weight is 362 g/mol. The first-order chi connectivity index (χ1) is 12.1. The molecule has 1 heterocycles. The van der Waals surface area contributed by atoms with Gasteiger partial charge in [0.05, 0.1) is 20.0 Å². The zero-order valence-electron chi connectivity index (χ0n) is 14.6. The van der Waals surface area contributed by atoms with Crippen LogP contribution < -0.4 is 14.8 Å². The van der Waals surface area contributed by atoms with E-state index in [0.717, 1.165) is 12.2 Å². The Morgan fingerprint density at radius 1 is 1.32 bits per heavy atom. The Morgan fingerprint density at radius 2 is 2.08 bits per heavy atom. The van der Waals surface area contributed by atoms with Crippen LogP contribution in [0.3, 0.4) is 0 Å². The van der Waals surface area contributed by atoms with Crippen molar-refractivity contribution in [3.05, 3.63) is 36.7 Å². The maximum absolute atomic E-state index is 12.2. The highest BCUT2D eigenvalue weighted by Gasteiger charge is 2.13. The molecule has 0 aliphatic carbocycles. The standard InChI is InChI=1S/C17H22N4O3S/c1-5-9-21-15(6-2)19-20-17(21)25-11-16(22)18-12-7-8-13(23-3)14(10-12)24-4/h5,7-8,10H,1,6,9,11H2,2-4H3,(H,18,22). The molecular weight excluding hydrogens is 340 g/mol. The molecule has 1 aromatic heterocycles. The van der Waals surface area contributed by atoms with Gasteiger partial charge in [0.1, 0.15) is 5.82 Å². The molecular formula is C17H22N4O3S. The first kappa shape index (κ1) is 18.9. The molecule has 0 radical (unpaired) electrons. The van der Waals surface area contributed by atoms with Crippen molar-refractivity contribution in [2.75, 3.05) is 25.3 Å². The normalized spacial score (nSPS) is 10.4. The van der Waals surface area contributed by atoms with Crippen LogP contribution in [-0.2, 0) is 17.8 Å². The van der Waals surface area contributed by atoms with Crippen LogP contribution >= 0.6 is 11.8 Å². The molecule has 134 valence electrons. The van der Waals surface area contributed by atoms with Gasteiger partial charge in [-0.15, -0.1) is 16.8 Å². The Hall–Kier alpha value is -2.48. The summed E-state index contributed by atoms with van der Waals surface area (Å²) in [5.41, 5.74) is 0.644. The van der Waals surface area contributed by atoms with Gasteiger partial charge in [-0.05, 0) is 12.1 Å². The second-order valence-electron chi connectivity index (χ2n) is 5.06. The molecule has 1 amide bonds. The summed E-state index contributed by atoms with van der Waals surface area (Å²) >= 11 is 1.34. The number of nitrogens with zero attached hydrogens (tertiary/aromatic N) is 3. The van der Waals surface area contributed by atoms with Gasteiger partial charge < -0.3 is 19.4 Å². The number of aromatic nitrogens is 3. The lowest BCUT2D eigenvalue weighted by Crippen LogP contribution is -2.15. The van der Waals surface area contributed by atoms with Crippen molar-refractivity contribution in [2.24, 2.45) is 0 Å². The number of carbonyl (C=O) groups excluding carboxylic acids is 1. The summed E-state index contributed by atoms with van der Waals surface area (Å²) in [6.07, 6.45) is 2.57. The number of rotatable bonds is 9. The number of thioether (sulfide) groups is 1. The lowest BCUT2D eigenvalue weighted by molar-refractivity contribution is -0.113. The molecule has 2 rings (SSSR count). The van der Waals surface area contributed by atoms with E-state index < -0.39 is 0 Å². The van der Waals surface area contributed by atoms with E-state index >= 15 is 0 Å². The minimum absolute atomic E-state index is 0.136. The summed E-state index contributed by atoms with van der Waals surface area (Å²) in [6, 6.07) is 5.23. The number of hydrogen-bond donors (Lipinski definition) is 1. The fraction of sp³-hybridized carbons (Fsp3) is 0.353. The first-order valence-electron chi connectivity index (χ1n) is 7.80. The quantitative estimate of drug-likeness (QED) is 0.546. The number of nitrogens with one attached hydrogen (secondary N) is 1. The van der Waals surface area contributed by atoms with Crippen LogP contribution in [-0.4, -0.2) is 40.6 Å². The summed E-state index contributed by atoms with van der Waals surface area (Å²) in [7, 11) is 3.12. The summed E-state index contributed by atoms with van der Waals surface area (Å²) in [4.78, 5) is 12.2. The second kappa shape index (κ2) is 9.12. The van der Waals surface area contributed by atoms with Crippen LogP contribution in [0.4, 0.5) is 5.69 Å². The average Bonchev–Trinajstić information content (AvgIpc) is 3.02. The Kier molecular flexibility index (Phi) is 6.88. The fourth-order valence-electron chi connectivity index (χ4n) is 2.24. The minimum Gasteiger partial charge on any atom is -0.493 e. The zero-order valence-corrected chi connectivity index (χ0v) is 15.4. The number of aryl methyl sites for hydroxylation is 1. The van der Waals surface area contributed by atoms with Crippen LogP contribution in [0.2, 0.25) is 0 Å². The topological polar surface area (TPSA) is 78.3 Å². The van der Waals surface area contributed by atoms with Crippen molar-refractivity contribution in [1.82, 2.24) is 14.8 Å². The third-order valence-corrected chi connectivity index (χ3v) is 4.39. The van der Waals surface area contributed by atoms with Crippen molar-refractivity contribution < 1.29 is 14.3 Å². The van der Waals surface area contributed by atoms with Crippen molar-refractivity contribution in [3.63, 3.8) is 0 Å². The highest BCUT2D eigenvalue weighted by molar-refractivity contribution is 7.99. The molecule has 0 spiro atoms. The van der Waals surface area contributed by atoms with E-state index in [4.69, 9.17) is 9.47 Å². The monoisotopic (exact) mass is 362 g/mol. The van der Waals surface area contributed by atoms with Crippen molar-refractivity contribution >= 4 is 23.4 Å². The number of hydrogen-bond acceptors (Lipinski definition) is 6. The maximum Gasteiger partial charge on any atom is 0.234 e. The number of ether oxygens (including phenoxy) is 2. The minimum atomic E-state index is -0.136. The fourth-order valence-corrected chi connectivity index (χ4v) is 3.01. The second-order valence-corrected chi connectivity index (χ2v) is 6.00. The SMILES string of the molecule is C=CCn1c(CC)nnc1SCC(=O)Nc1ccc(OC)c(OC)c1. The van der Waals surface area contributed by atoms with Crippen molar-refractivity contribution in [2.45, 2.75) is 25.0 Å². The summed E-state index contributed by atoms with van der Waals surface area (Å²) in [5.74, 6) is 2.14. The number of methoxy groups -OCH3 is 2. The molecule has 0 saturated carbocycles. The molecule has 2 aromatic rings. The van der Waals surface area contributed by atoms with Gasteiger partial charge in [0.15, 0.2) is 16.7 Å². The van der Waals surface area contributed by atoms with E-state index in [0.29, 0.717) is 28.9 Å². The van der Waals surface area contributed by atoms with Gasteiger partial charge in [-0.3, -0.25) is 4.79 Å². The molecule has 1 N–H and O–H groups in total. The van der Waals surface area contributed by atoms with E-state index in [-0.39, 0.29) is 11.7 Å². The molecule has 7 nitrogen and oxygen atoms in total. The molecule has 0 aliphatic rings. The van der Waals surface area contributed by atoms with Gasteiger partial charge in [0, 0.05) is 24.7 Å². The van der Waals surface area contributed by atoms with Gasteiger partial charge >= 0.3 is 0 Å². The number of anilines is 1. The molecule has 0 aliphatic heterocycles. The molecule has 0 bridgehead atoms. The van der Waals surface area contributed by atoms with E-state index in [1.165, 1.54) is 11.8 Å². The Bertz CT molecular complexity index is 745. The van der Waals surface area contributed by atoms with E-state index in [9.17, 15) is 4.79 Å². The summed E-state index contributed by atoms with van der Waals surface area (Å²) in [5, 5.41) is 11.8. The van der Waals surface area contributed by atoms with Crippen molar-refractivity contribution in [1.29, 1.82) is 0 Å². The third-order valence-electron chi connectivity index (χ3n) is 3.42. The number of allylic oxidation sites excluding steroid dienone is 1. The number of amides is 1. The lowest BCUT2D eigenvalue weighted by Gasteiger charge is -2.10. The molecule has 1 aromatic carbocycles. The predicted octanol–water partition coefficient (Wildman–Crippen LogP) is 2.77. The molecule has 25 heavy (non-hydrogen) atoms. The van der Waals surface area contributed by atoms with E-state index in [1.807, 2.05) is 11.5 Å². The van der Waals surface area contributed by atoms with Crippen LogP contribution in [0.15, 0.2) is 36.0 Å². The Labute approximate surface area is 151 Å². The Morgan fingerprint density at radius 3 is 2.72 bits per heavy atom. The van der Waals surface area contributed by atoms with Crippen LogP contribution in [0.5, 0.6) is 11.5 Å². The summed E-state index contributed by atoms with van der Waals surface area (Å²) in [6.45, 7) is 6.38. The number of carbonyl (C=O) groups is 1. The van der Waals surface area contributed by atoms with E-state index in [1.54, 1.807) is 38.5 Å². The molecule has 0 unspecified atom stereocenters. The van der Waals surface area contributed by atoms with Crippen LogP contribution in [0.1, 0.15) is 12.7 Å². The van der Waals surface area contributed by atoms with Gasteiger partial charge in [0.2, 0.25) is 5.91 Å². The predicted molar refractivity (Wildman–Crippen MR) is 98.5 cm³/mol. The summed E-state index contributed by atoms with van der Waals surface area (Å²) < 4.78 is 12.4. The number of benzene rings is 1. The van der Waals surface area contributed by atoms with E-state index in [2.05, 4.69) is 22.1 Å².